The van der Waals surface area contributed by atoms with Gasteiger partial charge in [0, 0.05) is 4.47 Å². The normalized spacial score (nSPS) is 11.9. The van der Waals surface area contributed by atoms with Crippen LogP contribution in [0.2, 0.25) is 0 Å². The first-order chi connectivity index (χ1) is 8.12. The molecule has 0 saturated heterocycles. The molecule has 1 rings (SSSR count). The van der Waals surface area contributed by atoms with Crippen LogP contribution in [0.3, 0.4) is 0 Å². The third kappa shape index (κ3) is 3.72. The Morgan fingerprint density at radius 3 is 2.76 bits per heavy atom. The van der Waals surface area contributed by atoms with E-state index in [1.165, 1.54) is 0 Å². The maximum absolute atomic E-state index is 8.94. The van der Waals surface area contributed by atoms with Gasteiger partial charge in [0.1, 0.15) is 11.8 Å². The highest BCUT2D eigenvalue weighted by Gasteiger charge is 2.13. The number of nitrogens with two attached hydrogens (primary N) is 1. The Morgan fingerprint density at radius 2 is 2.24 bits per heavy atom. The summed E-state index contributed by atoms with van der Waals surface area (Å²) in [4.78, 5) is 0. The minimum atomic E-state index is -0.397. The second kappa shape index (κ2) is 6.63. The van der Waals surface area contributed by atoms with E-state index in [0.29, 0.717) is 13.0 Å². The molecule has 0 heterocycles. The molecule has 0 saturated carbocycles. The lowest BCUT2D eigenvalue weighted by Crippen LogP contribution is -2.15. The van der Waals surface area contributed by atoms with Crippen molar-refractivity contribution in [2.45, 2.75) is 32.8 Å². The summed E-state index contributed by atoms with van der Waals surface area (Å²) in [6.45, 7) is 4.48. The van der Waals surface area contributed by atoms with Gasteiger partial charge in [-0.05, 0) is 49.6 Å². The first-order valence-corrected chi connectivity index (χ1v) is 6.47. The lowest BCUT2D eigenvalue weighted by atomic mass is 10.1. The van der Waals surface area contributed by atoms with Crippen molar-refractivity contribution in [2.24, 2.45) is 5.73 Å². The molecule has 1 atom stereocenters. The van der Waals surface area contributed by atoms with Gasteiger partial charge in [0.15, 0.2) is 6.10 Å². The SMILES string of the molecule is CCC(C#N)Oc1c(C)cc(Br)cc1CCN. The molecule has 0 spiro atoms. The highest BCUT2D eigenvalue weighted by Crippen LogP contribution is 2.29. The predicted octanol–water partition coefficient (Wildman–Crippen LogP) is 2.94. The number of nitriles is 1. The van der Waals surface area contributed by atoms with Crippen LogP contribution in [-0.2, 0) is 6.42 Å². The van der Waals surface area contributed by atoms with Crippen molar-refractivity contribution >= 4 is 15.9 Å². The number of nitrogens with zero attached hydrogens (tertiary/aromatic N) is 1. The number of ether oxygens (including phenoxy) is 1. The Kier molecular flexibility index (Phi) is 5.46. The van der Waals surface area contributed by atoms with Gasteiger partial charge >= 0.3 is 0 Å². The smallest absolute Gasteiger partial charge is 0.184 e. The fourth-order valence-electron chi connectivity index (χ4n) is 1.65. The van der Waals surface area contributed by atoms with Gasteiger partial charge in [-0.1, -0.05) is 22.9 Å². The van der Waals surface area contributed by atoms with E-state index < -0.39 is 6.10 Å². The van der Waals surface area contributed by atoms with E-state index in [9.17, 15) is 0 Å². The van der Waals surface area contributed by atoms with E-state index in [1.54, 1.807) is 0 Å². The minimum absolute atomic E-state index is 0.397. The van der Waals surface area contributed by atoms with E-state index in [1.807, 2.05) is 26.0 Å². The molecule has 4 heteroatoms. The van der Waals surface area contributed by atoms with Crippen LogP contribution in [-0.4, -0.2) is 12.6 Å². The number of hydrogen-bond acceptors (Lipinski definition) is 3. The number of rotatable bonds is 5. The molecule has 0 aliphatic rings. The van der Waals surface area contributed by atoms with E-state index in [2.05, 4.69) is 22.0 Å². The molecule has 0 fully saturated rings. The molecule has 17 heavy (non-hydrogen) atoms. The van der Waals surface area contributed by atoms with Crippen molar-refractivity contribution in [1.29, 1.82) is 5.26 Å². The highest BCUT2D eigenvalue weighted by atomic mass is 79.9. The average molecular weight is 297 g/mol. The Balaban J connectivity index is 3.07. The molecule has 0 amide bonds. The maximum Gasteiger partial charge on any atom is 0.184 e. The molecule has 0 aromatic heterocycles. The summed E-state index contributed by atoms with van der Waals surface area (Å²) in [5.74, 6) is 0.798. The number of hydrogen-bond donors (Lipinski definition) is 1. The molecule has 3 nitrogen and oxygen atoms in total. The third-order valence-electron chi connectivity index (χ3n) is 2.50. The monoisotopic (exact) mass is 296 g/mol. The maximum atomic E-state index is 8.94. The summed E-state index contributed by atoms with van der Waals surface area (Å²) in [5, 5.41) is 8.94. The van der Waals surface area contributed by atoms with Crippen molar-refractivity contribution in [3.63, 3.8) is 0 Å². The molecule has 0 radical (unpaired) electrons. The molecular formula is C13H17BrN2O. The van der Waals surface area contributed by atoms with Crippen LogP contribution in [0.1, 0.15) is 24.5 Å². The highest BCUT2D eigenvalue weighted by molar-refractivity contribution is 9.10. The molecule has 1 unspecified atom stereocenters. The van der Waals surface area contributed by atoms with Crippen LogP contribution in [0.25, 0.3) is 0 Å². The van der Waals surface area contributed by atoms with E-state index in [-0.39, 0.29) is 0 Å². The Morgan fingerprint density at radius 1 is 1.53 bits per heavy atom. The minimum Gasteiger partial charge on any atom is -0.475 e. The van der Waals surface area contributed by atoms with Gasteiger partial charge in [0.2, 0.25) is 0 Å². The summed E-state index contributed by atoms with van der Waals surface area (Å²) in [6.07, 6.45) is 1.03. The Hall–Kier alpha value is -1.05. The first-order valence-electron chi connectivity index (χ1n) is 5.67. The molecule has 0 aliphatic heterocycles. The molecule has 1 aromatic rings. The van der Waals surface area contributed by atoms with Gasteiger partial charge < -0.3 is 10.5 Å². The van der Waals surface area contributed by atoms with Gasteiger partial charge in [0.05, 0.1) is 0 Å². The zero-order valence-corrected chi connectivity index (χ0v) is 11.8. The van der Waals surface area contributed by atoms with Gasteiger partial charge in [-0.25, -0.2) is 0 Å². The van der Waals surface area contributed by atoms with Gasteiger partial charge in [-0.15, -0.1) is 0 Å². The van der Waals surface area contributed by atoms with E-state index >= 15 is 0 Å². The van der Waals surface area contributed by atoms with E-state index in [4.69, 9.17) is 15.7 Å². The topological polar surface area (TPSA) is 59.0 Å². The van der Waals surface area contributed by atoms with Gasteiger partial charge in [-0.2, -0.15) is 5.26 Å². The zero-order chi connectivity index (χ0) is 12.8. The lowest BCUT2D eigenvalue weighted by Gasteiger charge is -2.17. The largest absolute Gasteiger partial charge is 0.475 e. The lowest BCUT2D eigenvalue weighted by molar-refractivity contribution is 0.247. The Bertz CT molecular complexity index is 426. The second-order valence-corrected chi connectivity index (χ2v) is 4.81. The Labute approximate surface area is 111 Å². The average Bonchev–Trinajstić information content (AvgIpc) is 2.29. The van der Waals surface area contributed by atoms with Crippen molar-refractivity contribution in [1.82, 2.24) is 0 Å². The summed E-state index contributed by atoms with van der Waals surface area (Å²) in [7, 11) is 0. The van der Waals surface area contributed by atoms with Gasteiger partial charge in [0.25, 0.3) is 0 Å². The molecule has 1 aromatic carbocycles. The number of benzene rings is 1. The van der Waals surface area contributed by atoms with Gasteiger partial charge in [-0.3, -0.25) is 0 Å². The standard InChI is InChI=1S/C13H17BrN2O/c1-3-12(8-16)17-13-9(2)6-11(14)7-10(13)4-5-15/h6-7,12H,3-5,15H2,1-2H3. The molecular weight excluding hydrogens is 280 g/mol. The zero-order valence-electron chi connectivity index (χ0n) is 10.2. The van der Waals surface area contributed by atoms with Crippen LogP contribution >= 0.6 is 15.9 Å². The fourth-order valence-corrected chi connectivity index (χ4v) is 2.27. The van der Waals surface area contributed by atoms with Crippen molar-refractivity contribution in [3.05, 3.63) is 27.7 Å². The predicted molar refractivity (Wildman–Crippen MR) is 72.0 cm³/mol. The second-order valence-electron chi connectivity index (χ2n) is 3.89. The van der Waals surface area contributed by atoms with Crippen LogP contribution in [0, 0.1) is 18.3 Å². The number of aryl methyl sites for hydroxylation is 1. The van der Waals surface area contributed by atoms with Crippen molar-refractivity contribution in [3.8, 4) is 11.8 Å². The molecule has 92 valence electrons. The van der Waals surface area contributed by atoms with E-state index in [0.717, 1.165) is 27.8 Å². The van der Waals surface area contributed by atoms with Crippen LogP contribution in [0.15, 0.2) is 16.6 Å². The summed E-state index contributed by atoms with van der Waals surface area (Å²) in [6, 6.07) is 6.13. The fraction of sp³-hybridized carbons (Fsp3) is 0.462. The molecule has 0 aliphatic carbocycles. The summed E-state index contributed by atoms with van der Waals surface area (Å²) in [5.41, 5.74) is 7.66. The summed E-state index contributed by atoms with van der Waals surface area (Å²) >= 11 is 3.46. The quantitative estimate of drug-likeness (QED) is 0.909. The molecule has 2 N–H and O–H groups in total. The van der Waals surface area contributed by atoms with Crippen molar-refractivity contribution in [2.75, 3.05) is 6.54 Å². The first kappa shape index (κ1) is 14.0. The van der Waals surface area contributed by atoms with Crippen LogP contribution in [0.4, 0.5) is 0 Å². The van der Waals surface area contributed by atoms with Crippen LogP contribution < -0.4 is 10.5 Å². The molecule has 0 bridgehead atoms. The summed E-state index contributed by atoms with van der Waals surface area (Å²) < 4.78 is 6.75. The third-order valence-corrected chi connectivity index (χ3v) is 2.96. The van der Waals surface area contributed by atoms with Crippen molar-refractivity contribution < 1.29 is 4.74 Å². The van der Waals surface area contributed by atoms with Crippen LogP contribution in [0.5, 0.6) is 5.75 Å². The number of halogens is 1.